The van der Waals surface area contributed by atoms with Crippen molar-refractivity contribution in [3.63, 3.8) is 0 Å². The van der Waals surface area contributed by atoms with Crippen LogP contribution in [0, 0.1) is 6.92 Å². The summed E-state index contributed by atoms with van der Waals surface area (Å²) in [7, 11) is 0. The van der Waals surface area contributed by atoms with Gasteiger partial charge in [0.15, 0.2) is 0 Å². The Hall–Kier alpha value is -3.32. The lowest BCUT2D eigenvalue weighted by Gasteiger charge is -2.27. The molecule has 4 rings (SSSR count). The lowest BCUT2D eigenvalue weighted by atomic mass is 9.94. The molecule has 0 fully saturated rings. The van der Waals surface area contributed by atoms with E-state index in [-0.39, 0.29) is 0 Å². The van der Waals surface area contributed by atoms with Gasteiger partial charge in [0.25, 0.3) is 0 Å². The highest BCUT2D eigenvalue weighted by atomic mass is 15.1. The molecule has 0 spiro atoms. The van der Waals surface area contributed by atoms with Gasteiger partial charge in [-0.1, -0.05) is 86.6 Å². The van der Waals surface area contributed by atoms with Crippen LogP contribution in [0.1, 0.15) is 37.3 Å². The number of rotatable bonds is 6. The van der Waals surface area contributed by atoms with Crippen LogP contribution in [0.4, 0.5) is 17.1 Å². The minimum absolute atomic E-state index is 0.570. The Bertz CT molecular complexity index is 1110. The minimum atomic E-state index is 0.570. The summed E-state index contributed by atoms with van der Waals surface area (Å²) in [5.74, 6) is 0.570. The zero-order valence-corrected chi connectivity index (χ0v) is 18.0. The zero-order chi connectivity index (χ0) is 20.9. The lowest BCUT2D eigenvalue weighted by Crippen LogP contribution is -2.11. The van der Waals surface area contributed by atoms with E-state index in [2.05, 4.69) is 129 Å². The van der Waals surface area contributed by atoms with E-state index in [1.807, 2.05) is 0 Å². The van der Waals surface area contributed by atoms with Gasteiger partial charge in [0.1, 0.15) is 0 Å². The molecule has 0 aliphatic heterocycles. The van der Waals surface area contributed by atoms with Gasteiger partial charge in [0.2, 0.25) is 0 Å². The van der Waals surface area contributed by atoms with Gasteiger partial charge < -0.3 is 4.90 Å². The van der Waals surface area contributed by atoms with Crippen molar-refractivity contribution in [2.24, 2.45) is 0 Å². The second kappa shape index (κ2) is 9.00. The van der Waals surface area contributed by atoms with E-state index in [1.165, 1.54) is 33.6 Å². The molecule has 1 atom stereocenters. The van der Waals surface area contributed by atoms with Crippen LogP contribution in [0.25, 0.3) is 11.1 Å². The zero-order valence-electron chi connectivity index (χ0n) is 18.0. The van der Waals surface area contributed by atoms with E-state index in [0.717, 1.165) is 12.1 Å². The van der Waals surface area contributed by atoms with Crippen LogP contribution in [-0.4, -0.2) is 0 Å². The Balaban J connectivity index is 1.82. The van der Waals surface area contributed by atoms with Crippen molar-refractivity contribution in [3.05, 3.63) is 114 Å². The predicted molar refractivity (Wildman–Crippen MR) is 130 cm³/mol. The average Bonchev–Trinajstić information content (AvgIpc) is 2.81. The van der Waals surface area contributed by atoms with Crippen LogP contribution >= 0.6 is 0 Å². The van der Waals surface area contributed by atoms with E-state index in [9.17, 15) is 0 Å². The summed E-state index contributed by atoms with van der Waals surface area (Å²) in [6.45, 7) is 6.72. The van der Waals surface area contributed by atoms with Crippen LogP contribution < -0.4 is 4.90 Å². The molecular formula is C29H29N. The molecule has 1 unspecified atom stereocenters. The van der Waals surface area contributed by atoms with Crippen molar-refractivity contribution in [1.29, 1.82) is 0 Å². The van der Waals surface area contributed by atoms with Gasteiger partial charge in [-0.3, -0.25) is 0 Å². The summed E-state index contributed by atoms with van der Waals surface area (Å²) in [5.41, 5.74) is 8.71. The maximum Gasteiger partial charge on any atom is 0.0490 e. The van der Waals surface area contributed by atoms with Gasteiger partial charge in [0.05, 0.1) is 0 Å². The monoisotopic (exact) mass is 391 g/mol. The smallest absolute Gasteiger partial charge is 0.0490 e. The highest BCUT2D eigenvalue weighted by Gasteiger charge is 2.15. The number of aryl methyl sites for hydroxylation is 1. The highest BCUT2D eigenvalue weighted by molar-refractivity contribution is 5.81. The van der Waals surface area contributed by atoms with E-state index in [0.29, 0.717) is 5.92 Å². The number of nitrogens with zero attached hydrogens (tertiary/aromatic N) is 1. The molecule has 0 amide bonds. The molecule has 1 heteroatoms. The van der Waals surface area contributed by atoms with E-state index < -0.39 is 0 Å². The lowest BCUT2D eigenvalue weighted by molar-refractivity contribution is 0.734. The molecule has 0 saturated carbocycles. The number of hydrogen-bond donors (Lipinski definition) is 0. The van der Waals surface area contributed by atoms with Crippen LogP contribution in [0.5, 0.6) is 0 Å². The predicted octanol–water partition coefficient (Wildman–Crippen LogP) is 8.65. The molecule has 0 bridgehead atoms. The molecule has 0 heterocycles. The summed E-state index contributed by atoms with van der Waals surface area (Å²) >= 11 is 0. The Morgan fingerprint density at radius 2 is 1.30 bits per heavy atom. The molecule has 1 nitrogen and oxygen atoms in total. The van der Waals surface area contributed by atoms with Crippen molar-refractivity contribution in [2.75, 3.05) is 4.90 Å². The van der Waals surface area contributed by atoms with Gasteiger partial charge in [-0.15, -0.1) is 0 Å². The molecule has 4 aromatic carbocycles. The molecule has 0 radical (unpaired) electrons. The van der Waals surface area contributed by atoms with Crippen molar-refractivity contribution < 1.29 is 0 Å². The van der Waals surface area contributed by atoms with Crippen molar-refractivity contribution in [2.45, 2.75) is 33.1 Å². The topological polar surface area (TPSA) is 3.24 Å². The Morgan fingerprint density at radius 3 is 2.03 bits per heavy atom. The molecule has 0 aromatic heterocycles. The van der Waals surface area contributed by atoms with Crippen molar-refractivity contribution in [1.82, 2.24) is 0 Å². The summed E-state index contributed by atoms with van der Waals surface area (Å²) in [5, 5.41) is 0. The fourth-order valence-corrected chi connectivity index (χ4v) is 3.90. The fraction of sp³-hybridized carbons (Fsp3) is 0.172. The molecule has 0 saturated heterocycles. The summed E-state index contributed by atoms with van der Waals surface area (Å²) in [6.07, 6.45) is 1.15. The molecule has 4 aromatic rings. The molecular weight excluding hydrogens is 362 g/mol. The Morgan fingerprint density at radius 1 is 0.667 bits per heavy atom. The van der Waals surface area contributed by atoms with Gasteiger partial charge >= 0.3 is 0 Å². The third kappa shape index (κ3) is 4.16. The van der Waals surface area contributed by atoms with Crippen LogP contribution in [0.15, 0.2) is 103 Å². The maximum atomic E-state index is 2.34. The molecule has 0 aliphatic carbocycles. The molecule has 0 N–H and O–H groups in total. The SMILES string of the molecule is CCC(C)c1cccc(-c2cccc(N(c3ccccc3)c3ccccc3C)c2)c1. The Kier molecular flexibility index (Phi) is 5.99. The van der Waals surface area contributed by atoms with Crippen LogP contribution in [0.2, 0.25) is 0 Å². The highest BCUT2D eigenvalue weighted by Crippen LogP contribution is 2.38. The quantitative estimate of drug-likeness (QED) is 0.318. The third-order valence-electron chi connectivity index (χ3n) is 5.88. The van der Waals surface area contributed by atoms with Gasteiger partial charge in [0, 0.05) is 17.1 Å². The molecule has 0 aliphatic rings. The molecule has 150 valence electrons. The van der Waals surface area contributed by atoms with Crippen molar-refractivity contribution >= 4 is 17.1 Å². The third-order valence-corrected chi connectivity index (χ3v) is 5.88. The van der Waals surface area contributed by atoms with E-state index >= 15 is 0 Å². The van der Waals surface area contributed by atoms with Gasteiger partial charge in [-0.25, -0.2) is 0 Å². The first kappa shape index (κ1) is 20.0. The second-order valence-corrected chi connectivity index (χ2v) is 7.94. The van der Waals surface area contributed by atoms with E-state index in [1.54, 1.807) is 0 Å². The van der Waals surface area contributed by atoms with Crippen molar-refractivity contribution in [3.8, 4) is 11.1 Å². The van der Waals surface area contributed by atoms with Crippen LogP contribution in [-0.2, 0) is 0 Å². The number of hydrogen-bond acceptors (Lipinski definition) is 1. The number of para-hydroxylation sites is 2. The summed E-state index contributed by atoms with van der Waals surface area (Å²) < 4.78 is 0. The van der Waals surface area contributed by atoms with Gasteiger partial charge in [-0.2, -0.15) is 0 Å². The van der Waals surface area contributed by atoms with E-state index in [4.69, 9.17) is 0 Å². The molecule has 30 heavy (non-hydrogen) atoms. The first-order valence-electron chi connectivity index (χ1n) is 10.8. The second-order valence-electron chi connectivity index (χ2n) is 7.94. The van der Waals surface area contributed by atoms with Gasteiger partial charge in [-0.05, 0) is 71.8 Å². The minimum Gasteiger partial charge on any atom is -0.310 e. The standard InChI is InChI=1S/C29H29N/c1-4-22(2)24-13-10-14-25(20-24)26-15-11-18-28(21-26)30(27-16-6-5-7-17-27)29-19-9-8-12-23(29)3/h5-22H,4H2,1-3H3. The number of anilines is 3. The summed E-state index contributed by atoms with van der Waals surface area (Å²) in [6, 6.07) is 37.0. The first-order chi connectivity index (χ1) is 14.7. The largest absolute Gasteiger partial charge is 0.310 e. The average molecular weight is 392 g/mol. The van der Waals surface area contributed by atoms with Crippen LogP contribution in [0.3, 0.4) is 0 Å². The Labute approximate surface area is 180 Å². The number of benzene rings is 4. The first-order valence-corrected chi connectivity index (χ1v) is 10.8. The normalized spacial score (nSPS) is 11.8. The fourth-order valence-electron chi connectivity index (χ4n) is 3.90. The summed E-state index contributed by atoms with van der Waals surface area (Å²) in [4.78, 5) is 2.34. The maximum absolute atomic E-state index is 2.34.